The Morgan fingerprint density at radius 2 is 2.16 bits per heavy atom. The van der Waals surface area contributed by atoms with E-state index in [2.05, 4.69) is 10.3 Å². The average molecular weight is 278 g/mol. The lowest BCUT2D eigenvalue weighted by atomic mass is 10.1. The number of aromatic nitrogens is 1. The van der Waals surface area contributed by atoms with Gasteiger partial charge in [0.1, 0.15) is 0 Å². The fraction of sp³-hybridized carbons (Fsp3) is 0.214. The second-order valence-corrected chi connectivity index (χ2v) is 4.85. The van der Waals surface area contributed by atoms with Crippen molar-refractivity contribution < 1.29 is 4.39 Å². The van der Waals surface area contributed by atoms with E-state index in [9.17, 15) is 4.39 Å². The molecule has 3 nitrogen and oxygen atoms in total. The summed E-state index contributed by atoms with van der Waals surface area (Å²) in [4.78, 5) is 6.02. The molecule has 1 aromatic heterocycles. The highest BCUT2D eigenvalue weighted by atomic mass is 35.5. The van der Waals surface area contributed by atoms with Crippen LogP contribution in [-0.2, 0) is 6.54 Å². The molecule has 5 heteroatoms. The molecule has 0 atom stereocenters. The van der Waals surface area contributed by atoms with E-state index in [-0.39, 0.29) is 0 Å². The Bertz CT molecular complexity index is 603. The molecule has 1 aliphatic rings. The largest absolute Gasteiger partial charge is 0.322 e. The lowest BCUT2D eigenvalue weighted by Gasteiger charge is -2.23. The fourth-order valence-electron chi connectivity index (χ4n) is 2.28. The first-order chi connectivity index (χ1) is 9.25. The second kappa shape index (κ2) is 5.15. The van der Waals surface area contributed by atoms with Gasteiger partial charge in [-0.15, -0.1) is 0 Å². The van der Waals surface area contributed by atoms with Crippen LogP contribution in [0.25, 0.3) is 0 Å². The summed E-state index contributed by atoms with van der Waals surface area (Å²) < 4.78 is 14.1. The number of hydrogen-bond acceptors (Lipinski definition) is 3. The van der Waals surface area contributed by atoms with Crippen molar-refractivity contribution in [1.29, 1.82) is 0 Å². The molecule has 0 fully saturated rings. The van der Waals surface area contributed by atoms with Gasteiger partial charge in [0.2, 0.25) is 0 Å². The van der Waals surface area contributed by atoms with Crippen molar-refractivity contribution in [2.75, 3.05) is 18.0 Å². The summed E-state index contributed by atoms with van der Waals surface area (Å²) in [5.74, 6) is -0.0789. The number of benzene rings is 1. The molecule has 2 aromatic rings. The van der Waals surface area contributed by atoms with Gasteiger partial charge < -0.3 is 10.2 Å². The third kappa shape index (κ3) is 2.41. The molecule has 0 saturated heterocycles. The van der Waals surface area contributed by atoms with Crippen LogP contribution in [0.4, 0.5) is 15.9 Å². The van der Waals surface area contributed by atoms with Gasteiger partial charge in [0, 0.05) is 31.5 Å². The van der Waals surface area contributed by atoms with Crippen molar-refractivity contribution in [2.45, 2.75) is 6.54 Å². The molecule has 0 amide bonds. The van der Waals surface area contributed by atoms with Crippen molar-refractivity contribution in [1.82, 2.24) is 10.3 Å². The van der Waals surface area contributed by atoms with Gasteiger partial charge in [-0.05, 0) is 17.7 Å². The fourth-order valence-corrected chi connectivity index (χ4v) is 2.43. The van der Waals surface area contributed by atoms with E-state index in [0.717, 1.165) is 24.3 Å². The summed E-state index contributed by atoms with van der Waals surface area (Å²) in [7, 11) is 0. The Labute approximate surface area is 116 Å². The summed E-state index contributed by atoms with van der Waals surface area (Å²) >= 11 is 5.75. The molecule has 98 valence electrons. The van der Waals surface area contributed by atoms with Crippen LogP contribution in [0.5, 0.6) is 0 Å². The quantitative estimate of drug-likeness (QED) is 0.868. The normalized spacial score (nSPS) is 14.9. The van der Waals surface area contributed by atoms with Crippen LogP contribution in [0.15, 0.2) is 36.5 Å². The maximum Gasteiger partial charge on any atom is 0.169 e. The zero-order valence-corrected chi connectivity index (χ0v) is 11.0. The van der Waals surface area contributed by atoms with Gasteiger partial charge in [0.25, 0.3) is 0 Å². The van der Waals surface area contributed by atoms with Gasteiger partial charge in [0.15, 0.2) is 11.6 Å². The van der Waals surface area contributed by atoms with E-state index in [0.29, 0.717) is 17.4 Å². The number of pyridine rings is 1. The summed E-state index contributed by atoms with van der Waals surface area (Å²) in [6.45, 7) is 2.23. The number of fused-ring (bicyclic) bond motifs is 1. The highest BCUT2D eigenvalue weighted by Gasteiger charge is 2.20. The topological polar surface area (TPSA) is 28.2 Å². The minimum Gasteiger partial charge on any atom is -0.322 e. The standard InChI is InChI=1S/C14H13ClFN3/c15-11-7-12(16)14(18-9-11)19-6-5-17-8-10-3-1-2-4-13(10)19/h1-4,7,9,17H,5-6,8H2. The smallest absolute Gasteiger partial charge is 0.169 e. The van der Waals surface area contributed by atoms with Gasteiger partial charge >= 0.3 is 0 Å². The highest BCUT2D eigenvalue weighted by molar-refractivity contribution is 6.30. The number of anilines is 2. The summed E-state index contributed by atoms with van der Waals surface area (Å²) in [5, 5.41) is 3.62. The molecule has 0 unspecified atom stereocenters. The van der Waals surface area contributed by atoms with Crippen LogP contribution < -0.4 is 10.2 Å². The van der Waals surface area contributed by atoms with Crippen LogP contribution >= 0.6 is 11.6 Å². The molecule has 2 heterocycles. The van der Waals surface area contributed by atoms with Crippen LogP contribution in [0.1, 0.15) is 5.56 Å². The number of halogens is 2. The number of nitrogens with zero attached hydrogens (tertiary/aromatic N) is 2. The molecular formula is C14H13ClFN3. The minimum atomic E-state index is -0.399. The van der Waals surface area contributed by atoms with Crippen molar-refractivity contribution >= 4 is 23.1 Å². The Morgan fingerprint density at radius 3 is 3.00 bits per heavy atom. The molecule has 0 radical (unpaired) electrons. The molecule has 1 aliphatic heterocycles. The monoisotopic (exact) mass is 277 g/mol. The van der Waals surface area contributed by atoms with Crippen molar-refractivity contribution in [3.8, 4) is 0 Å². The number of para-hydroxylation sites is 1. The molecule has 0 saturated carbocycles. The predicted molar refractivity (Wildman–Crippen MR) is 74.4 cm³/mol. The summed E-state index contributed by atoms with van der Waals surface area (Å²) in [6.07, 6.45) is 1.47. The number of nitrogens with one attached hydrogen (secondary N) is 1. The Morgan fingerprint density at radius 1 is 1.32 bits per heavy atom. The van der Waals surface area contributed by atoms with Crippen LogP contribution in [0.3, 0.4) is 0 Å². The summed E-state index contributed by atoms with van der Waals surface area (Å²) in [5.41, 5.74) is 2.12. The third-order valence-corrected chi connectivity index (χ3v) is 3.36. The predicted octanol–water partition coefficient (Wildman–Crippen LogP) is 3.12. The average Bonchev–Trinajstić information content (AvgIpc) is 2.61. The molecule has 19 heavy (non-hydrogen) atoms. The van der Waals surface area contributed by atoms with E-state index >= 15 is 0 Å². The lowest BCUT2D eigenvalue weighted by molar-refractivity contribution is 0.616. The zero-order chi connectivity index (χ0) is 13.2. The second-order valence-electron chi connectivity index (χ2n) is 4.42. The zero-order valence-electron chi connectivity index (χ0n) is 10.2. The molecule has 0 spiro atoms. The Hall–Kier alpha value is -1.65. The third-order valence-electron chi connectivity index (χ3n) is 3.15. The molecule has 0 aliphatic carbocycles. The molecule has 3 rings (SSSR count). The molecule has 1 aromatic carbocycles. The first-order valence-corrected chi connectivity index (χ1v) is 6.51. The molecule has 1 N–H and O–H groups in total. The van der Waals surface area contributed by atoms with Crippen molar-refractivity contribution in [3.05, 3.63) is 52.9 Å². The van der Waals surface area contributed by atoms with E-state index in [4.69, 9.17) is 11.6 Å². The Balaban J connectivity index is 2.09. The highest BCUT2D eigenvalue weighted by Crippen LogP contribution is 2.30. The minimum absolute atomic E-state index is 0.308. The molecule has 0 bridgehead atoms. The first kappa shape index (κ1) is 12.4. The van der Waals surface area contributed by atoms with Crippen LogP contribution in [0, 0.1) is 5.82 Å². The van der Waals surface area contributed by atoms with E-state index < -0.39 is 5.82 Å². The maximum absolute atomic E-state index is 14.1. The SMILES string of the molecule is Fc1cc(Cl)cnc1N1CCNCc2ccccc21. The molecular weight excluding hydrogens is 265 g/mol. The van der Waals surface area contributed by atoms with Gasteiger partial charge in [-0.25, -0.2) is 9.37 Å². The van der Waals surface area contributed by atoms with Crippen LogP contribution in [-0.4, -0.2) is 18.1 Å². The Kier molecular flexibility index (Phi) is 3.36. The number of hydrogen-bond donors (Lipinski definition) is 1. The van der Waals surface area contributed by atoms with Gasteiger partial charge in [0.05, 0.1) is 5.02 Å². The van der Waals surface area contributed by atoms with Gasteiger partial charge in [-0.2, -0.15) is 0 Å². The number of rotatable bonds is 1. The van der Waals surface area contributed by atoms with Crippen LogP contribution in [0.2, 0.25) is 5.02 Å². The lowest BCUT2D eigenvalue weighted by Crippen LogP contribution is -2.26. The van der Waals surface area contributed by atoms with Crippen molar-refractivity contribution in [3.63, 3.8) is 0 Å². The van der Waals surface area contributed by atoms with Crippen molar-refractivity contribution in [2.24, 2.45) is 0 Å². The van der Waals surface area contributed by atoms with Gasteiger partial charge in [-0.1, -0.05) is 29.8 Å². The first-order valence-electron chi connectivity index (χ1n) is 6.13. The van der Waals surface area contributed by atoms with E-state index in [1.54, 1.807) is 0 Å². The van der Waals surface area contributed by atoms with E-state index in [1.165, 1.54) is 12.3 Å². The van der Waals surface area contributed by atoms with Gasteiger partial charge in [-0.3, -0.25) is 0 Å². The van der Waals surface area contributed by atoms with E-state index in [1.807, 2.05) is 29.2 Å². The summed E-state index contributed by atoms with van der Waals surface area (Å²) in [6, 6.07) is 9.25. The maximum atomic E-state index is 14.1.